The third-order valence-corrected chi connectivity index (χ3v) is 10.6. The van der Waals surface area contributed by atoms with Gasteiger partial charge in [-0.2, -0.15) is 0 Å². The molecule has 1 atom stereocenters. The number of aliphatic carboxylic acids is 1. The van der Waals surface area contributed by atoms with E-state index in [9.17, 15) is 0 Å². The van der Waals surface area contributed by atoms with E-state index < -0.39 is 14.8 Å². The molecule has 0 radical (unpaired) electrons. The first-order chi connectivity index (χ1) is 17.7. The Morgan fingerprint density at radius 2 is 0.973 bits per heavy atom. The summed E-state index contributed by atoms with van der Waals surface area (Å²) in [5.74, 6) is -1.08. The van der Waals surface area contributed by atoms with Gasteiger partial charge in [0.05, 0.1) is 31.7 Å². The molecule has 0 bridgehead atoms. The summed E-state index contributed by atoms with van der Waals surface area (Å²) in [4.78, 5) is 8.89. The Morgan fingerprint density at radius 3 is 1.27 bits per heavy atom. The maximum absolute atomic E-state index is 8.89. The Balaban J connectivity index is 0. The SMILES string of the molecule is CC(=O)[O-].CCCCCCCCCCCCCCCC[N+](CCC)(CCC)CC(C)[Si](OC)(OC)OC. The van der Waals surface area contributed by atoms with Crippen LogP contribution in [0.3, 0.4) is 0 Å². The van der Waals surface area contributed by atoms with Crippen LogP contribution in [0.2, 0.25) is 5.54 Å². The molecule has 7 heteroatoms. The van der Waals surface area contributed by atoms with Crippen LogP contribution in [0.5, 0.6) is 0 Å². The summed E-state index contributed by atoms with van der Waals surface area (Å²) in [5, 5.41) is 8.89. The number of rotatable bonds is 25. The van der Waals surface area contributed by atoms with Crippen molar-refractivity contribution in [2.45, 2.75) is 143 Å². The minimum Gasteiger partial charge on any atom is -0.550 e. The smallest absolute Gasteiger partial charge is 0.508 e. The van der Waals surface area contributed by atoms with Gasteiger partial charge in [0.25, 0.3) is 0 Å². The number of unbranched alkanes of at least 4 members (excludes halogenated alkanes) is 13. The summed E-state index contributed by atoms with van der Waals surface area (Å²) >= 11 is 0. The molecular formula is C30H65NO5Si. The Labute approximate surface area is 232 Å². The highest BCUT2D eigenvalue weighted by atomic mass is 28.4. The summed E-state index contributed by atoms with van der Waals surface area (Å²) < 4.78 is 18.6. The zero-order chi connectivity index (χ0) is 28.4. The quantitative estimate of drug-likeness (QED) is 0.0691. The zero-order valence-electron chi connectivity index (χ0n) is 26.2. The number of carbonyl (C=O) groups excluding carboxylic acids is 1. The van der Waals surface area contributed by atoms with Gasteiger partial charge in [0.1, 0.15) is 0 Å². The van der Waals surface area contributed by atoms with Gasteiger partial charge < -0.3 is 27.7 Å². The molecule has 0 saturated carbocycles. The molecule has 0 aromatic carbocycles. The van der Waals surface area contributed by atoms with Crippen LogP contribution in [-0.2, 0) is 18.1 Å². The van der Waals surface area contributed by atoms with E-state index in [1.54, 1.807) is 21.3 Å². The fourth-order valence-corrected chi connectivity index (χ4v) is 8.06. The molecule has 0 aliphatic heterocycles. The van der Waals surface area contributed by atoms with E-state index in [0.717, 1.165) is 13.5 Å². The second-order valence-corrected chi connectivity index (χ2v) is 14.3. The molecule has 0 aromatic rings. The van der Waals surface area contributed by atoms with Crippen LogP contribution in [-0.4, -0.2) is 66.8 Å². The fourth-order valence-electron chi connectivity index (χ4n) is 5.75. The monoisotopic (exact) mass is 547 g/mol. The Hall–Kier alpha value is -0.473. The molecule has 0 aliphatic carbocycles. The van der Waals surface area contributed by atoms with E-state index >= 15 is 0 Å². The molecule has 6 nitrogen and oxygen atoms in total. The van der Waals surface area contributed by atoms with Gasteiger partial charge in [0, 0.05) is 27.3 Å². The van der Waals surface area contributed by atoms with Crippen LogP contribution >= 0.6 is 0 Å². The van der Waals surface area contributed by atoms with E-state index in [4.69, 9.17) is 23.2 Å². The van der Waals surface area contributed by atoms with Gasteiger partial charge in [-0.15, -0.1) is 0 Å². The highest BCUT2D eigenvalue weighted by molar-refractivity contribution is 6.62. The van der Waals surface area contributed by atoms with E-state index in [2.05, 4.69) is 27.7 Å². The van der Waals surface area contributed by atoms with Gasteiger partial charge in [-0.3, -0.25) is 0 Å². The van der Waals surface area contributed by atoms with Crippen molar-refractivity contribution in [2.75, 3.05) is 47.5 Å². The van der Waals surface area contributed by atoms with Crippen LogP contribution in [0.1, 0.15) is 137 Å². The van der Waals surface area contributed by atoms with Crippen LogP contribution in [0.25, 0.3) is 0 Å². The second-order valence-electron chi connectivity index (χ2n) is 10.9. The Bertz CT molecular complexity index is 484. The normalized spacial score (nSPS) is 12.8. The lowest BCUT2D eigenvalue weighted by atomic mass is 10.0. The van der Waals surface area contributed by atoms with Crippen LogP contribution in [0, 0.1) is 0 Å². The molecule has 224 valence electrons. The molecular weight excluding hydrogens is 482 g/mol. The van der Waals surface area contributed by atoms with Crippen molar-refractivity contribution in [1.82, 2.24) is 0 Å². The van der Waals surface area contributed by atoms with Crippen molar-refractivity contribution < 1.29 is 27.7 Å². The first-order valence-corrected chi connectivity index (χ1v) is 17.2. The summed E-state index contributed by atoms with van der Waals surface area (Å²) in [5.41, 5.74) is 0.308. The van der Waals surface area contributed by atoms with Gasteiger partial charge in [0.15, 0.2) is 0 Å². The average Bonchev–Trinajstić information content (AvgIpc) is 2.85. The lowest BCUT2D eigenvalue weighted by Gasteiger charge is -2.43. The van der Waals surface area contributed by atoms with Gasteiger partial charge in [-0.1, -0.05) is 105 Å². The van der Waals surface area contributed by atoms with E-state index in [0.29, 0.717) is 5.54 Å². The molecule has 0 aliphatic rings. The molecule has 0 aromatic heterocycles. The minimum absolute atomic E-state index is 0.308. The zero-order valence-corrected chi connectivity index (χ0v) is 27.2. The van der Waals surface area contributed by atoms with E-state index in [-0.39, 0.29) is 0 Å². The minimum atomic E-state index is -2.59. The van der Waals surface area contributed by atoms with Gasteiger partial charge in [-0.05, 0) is 32.6 Å². The Morgan fingerprint density at radius 1 is 0.649 bits per heavy atom. The molecule has 1 unspecified atom stereocenters. The number of hydrogen-bond donors (Lipinski definition) is 0. The summed E-state index contributed by atoms with van der Waals surface area (Å²) in [7, 11) is 2.65. The summed E-state index contributed by atoms with van der Waals surface area (Å²) in [6.45, 7) is 15.1. The van der Waals surface area contributed by atoms with Gasteiger partial charge >= 0.3 is 8.80 Å². The maximum atomic E-state index is 8.89. The van der Waals surface area contributed by atoms with Crippen molar-refractivity contribution in [3.8, 4) is 0 Å². The summed E-state index contributed by atoms with van der Waals surface area (Å²) in [6, 6.07) is 0. The first-order valence-electron chi connectivity index (χ1n) is 15.4. The van der Waals surface area contributed by atoms with Crippen molar-refractivity contribution >= 4 is 14.8 Å². The highest BCUT2D eigenvalue weighted by Gasteiger charge is 2.48. The molecule has 0 fully saturated rings. The third-order valence-electron chi connectivity index (χ3n) is 7.50. The number of quaternary nitrogens is 1. The molecule has 0 N–H and O–H groups in total. The van der Waals surface area contributed by atoms with Gasteiger partial charge in [-0.25, -0.2) is 0 Å². The predicted octanol–water partition coefficient (Wildman–Crippen LogP) is 7.13. The van der Waals surface area contributed by atoms with Crippen molar-refractivity contribution in [3.05, 3.63) is 0 Å². The average molecular weight is 548 g/mol. The first kappa shape index (κ1) is 38.7. The highest BCUT2D eigenvalue weighted by Crippen LogP contribution is 2.29. The maximum Gasteiger partial charge on any atom is 0.508 e. The number of nitrogens with zero attached hydrogens (tertiary/aromatic N) is 1. The lowest BCUT2D eigenvalue weighted by molar-refractivity contribution is -0.928. The van der Waals surface area contributed by atoms with Crippen LogP contribution in [0.4, 0.5) is 0 Å². The van der Waals surface area contributed by atoms with E-state index in [1.807, 2.05) is 0 Å². The molecule has 0 saturated heterocycles. The lowest BCUT2D eigenvalue weighted by Crippen LogP contribution is -2.57. The van der Waals surface area contributed by atoms with E-state index in [1.165, 1.54) is 127 Å². The number of carbonyl (C=O) groups is 1. The predicted molar refractivity (Wildman–Crippen MR) is 158 cm³/mol. The number of carboxylic acids is 1. The Kier molecular flexibility index (Phi) is 27.0. The summed E-state index contributed by atoms with van der Waals surface area (Å²) in [6.07, 6.45) is 22.3. The molecule has 0 heterocycles. The molecule has 0 rings (SSSR count). The number of hydrogen-bond acceptors (Lipinski definition) is 5. The largest absolute Gasteiger partial charge is 0.550 e. The molecule has 37 heavy (non-hydrogen) atoms. The number of carboxylic acid groups (broad SMARTS) is 1. The fraction of sp³-hybridized carbons (Fsp3) is 0.967. The third kappa shape index (κ3) is 20.1. The topological polar surface area (TPSA) is 67.8 Å². The van der Waals surface area contributed by atoms with Crippen LogP contribution in [0.15, 0.2) is 0 Å². The van der Waals surface area contributed by atoms with Crippen molar-refractivity contribution in [2.24, 2.45) is 0 Å². The second kappa shape index (κ2) is 25.8. The molecule has 0 amide bonds. The van der Waals surface area contributed by atoms with Crippen LogP contribution < -0.4 is 5.11 Å². The van der Waals surface area contributed by atoms with Crippen molar-refractivity contribution in [3.63, 3.8) is 0 Å². The van der Waals surface area contributed by atoms with Gasteiger partial charge in [0.2, 0.25) is 0 Å². The van der Waals surface area contributed by atoms with Crippen molar-refractivity contribution in [1.29, 1.82) is 0 Å². The standard InChI is InChI=1S/C28H62NO3Si.C2H4O2/c1-8-11-12-13-14-15-16-17-18-19-20-21-22-23-26-29(24-9-2,25-10-3)27-28(4)33(30-5,31-6)32-7;1-2(3)4/h28H,8-27H2,1-7H3;1H3,(H,3,4)/q+1;/p-1. The molecule has 0 spiro atoms.